The van der Waals surface area contributed by atoms with Crippen LogP contribution in [0.3, 0.4) is 0 Å². The molecule has 0 N–H and O–H groups in total. The number of likely N-dealkylation sites (tertiary alicyclic amines) is 1. The number of nitrogens with zero attached hydrogens (tertiary/aromatic N) is 2. The van der Waals surface area contributed by atoms with Gasteiger partial charge in [-0.25, -0.2) is 0 Å². The third-order valence-corrected chi connectivity index (χ3v) is 3.24. The summed E-state index contributed by atoms with van der Waals surface area (Å²) in [4.78, 5) is 14.3. The average molecular weight is 206 g/mol. The van der Waals surface area contributed by atoms with E-state index in [2.05, 4.69) is 6.07 Å². The molecule has 1 fully saturated rings. The van der Waals surface area contributed by atoms with Gasteiger partial charge in [0, 0.05) is 11.3 Å². The monoisotopic (exact) mass is 206 g/mol. The molecule has 1 amide bonds. The van der Waals surface area contributed by atoms with Crippen LogP contribution >= 0.6 is 11.3 Å². The third kappa shape index (κ3) is 1.64. The van der Waals surface area contributed by atoms with Crippen LogP contribution in [0.1, 0.15) is 17.7 Å². The van der Waals surface area contributed by atoms with E-state index in [0.717, 1.165) is 4.88 Å². The molecule has 3 nitrogen and oxygen atoms in total. The summed E-state index contributed by atoms with van der Waals surface area (Å²) in [6.07, 6.45) is 1.20. The summed E-state index contributed by atoms with van der Waals surface area (Å²) in [5.41, 5.74) is 0. The lowest BCUT2D eigenvalue weighted by Crippen LogP contribution is -2.30. The smallest absolute Gasteiger partial charge is 0.224 e. The molecule has 1 aromatic heterocycles. The molecule has 1 atom stereocenters. The Hall–Kier alpha value is -1.34. The van der Waals surface area contributed by atoms with E-state index in [1.165, 1.54) is 0 Å². The van der Waals surface area contributed by atoms with Gasteiger partial charge in [-0.1, -0.05) is 6.07 Å². The highest BCUT2D eigenvalue weighted by Gasteiger charge is 2.30. The Kier molecular flexibility index (Phi) is 2.51. The first-order valence-electron chi connectivity index (χ1n) is 4.52. The molecule has 1 saturated heterocycles. The summed E-state index contributed by atoms with van der Waals surface area (Å²) in [6, 6.07) is 5.90. The molecule has 1 aliphatic heterocycles. The van der Waals surface area contributed by atoms with Crippen LogP contribution < -0.4 is 0 Å². The van der Waals surface area contributed by atoms with E-state index in [0.29, 0.717) is 19.4 Å². The van der Waals surface area contributed by atoms with Crippen molar-refractivity contribution in [3.05, 3.63) is 22.4 Å². The number of carbonyl (C=O) groups excluding carboxylic acids is 1. The SMILES string of the molecule is N#CC1CCC(=O)N1Cc1cccs1. The molecule has 4 heteroatoms. The zero-order valence-electron chi connectivity index (χ0n) is 7.64. The second-order valence-corrected chi connectivity index (χ2v) is 4.32. The molecule has 1 unspecified atom stereocenters. The van der Waals surface area contributed by atoms with E-state index < -0.39 is 0 Å². The van der Waals surface area contributed by atoms with Crippen LogP contribution in [0, 0.1) is 11.3 Å². The molecule has 1 aromatic rings. The Morgan fingerprint density at radius 1 is 1.71 bits per heavy atom. The van der Waals surface area contributed by atoms with Crippen molar-refractivity contribution >= 4 is 17.2 Å². The van der Waals surface area contributed by atoms with Gasteiger partial charge in [0.1, 0.15) is 6.04 Å². The molecule has 1 aliphatic rings. The highest BCUT2D eigenvalue weighted by Crippen LogP contribution is 2.22. The quantitative estimate of drug-likeness (QED) is 0.740. The Bertz CT molecular complexity index is 366. The van der Waals surface area contributed by atoms with Crippen LogP contribution in [0.25, 0.3) is 0 Å². The Morgan fingerprint density at radius 3 is 3.21 bits per heavy atom. The lowest BCUT2D eigenvalue weighted by Gasteiger charge is -2.18. The lowest BCUT2D eigenvalue weighted by molar-refractivity contribution is -0.128. The molecule has 2 rings (SSSR count). The van der Waals surface area contributed by atoms with Gasteiger partial charge >= 0.3 is 0 Å². The summed E-state index contributed by atoms with van der Waals surface area (Å²) in [7, 11) is 0. The highest BCUT2D eigenvalue weighted by molar-refractivity contribution is 7.09. The van der Waals surface area contributed by atoms with E-state index in [-0.39, 0.29) is 11.9 Å². The largest absolute Gasteiger partial charge is 0.322 e. The molecule has 0 aliphatic carbocycles. The maximum atomic E-state index is 11.4. The minimum atomic E-state index is -0.218. The highest BCUT2D eigenvalue weighted by atomic mass is 32.1. The second-order valence-electron chi connectivity index (χ2n) is 3.28. The van der Waals surface area contributed by atoms with Crippen molar-refractivity contribution < 1.29 is 4.79 Å². The molecule has 2 heterocycles. The van der Waals surface area contributed by atoms with Crippen LogP contribution in [0.5, 0.6) is 0 Å². The number of amides is 1. The first-order valence-corrected chi connectivity index (χ1v) is 5.40. The Morgan fingerprint density at radius 2 is 2.57 bits per heavy atom. The van der Waals surface area contributed by atoms with E-state index in [1.807, 2.05) is 17.5 Å². The zero-order chi connectivity index (χ0) is 9.97. The summed E-state index contributed by atoms with van der Waals surface area (Å²) in [5, 5.41) is 10.8. The molecule has 0 spiro atoms. The van der Waals surface area contributed by atoms with Crippen molar-refractivity contribution in [3.63, 3.8) is 0 Å². The van der Waals surface area contributed by atoms with E-state index in [1.54, 1.807) is 16.2 Å². The average Bonchev–Trinajstić information content (AvgIpc) is 2.79. The first-order chi connectivity index (χ1) is 6.81. The van der Waals surface area contributed by atoms with Crippen LogP contribution in [0.15, 0.2) is 17.5 Å². The zero-order valence-corrected chi connectivity index (χ0v) is 8.46. The molecule has 0 saturated carbocycles. The lowest BCUT2D eigenvalue weighted by atomic mass is 10.2. The summed E-state index contributed by atoms with van der Waals surface area (Å²) in [6.45, 7) is 0.592. The minimum Gasteiger partial charge on any atom is -0.322 e. The van der Waals surface area contributed by atoms with Crippen molar-refractivity contribution in [2.45, 2.75) is 25.4 Å². The van der Waals surface area contributed by atoms with Crippen molar-refractivity contribution in [1.82, 2.24) is 4.90 Å². The van der Waals surface area contributed by atoms with Gasteiger partial charge in [0.25, 0.3) is 0 Å². The van der Waals surface area contributed by atoms with Crippen molar-refractivity contribution in [1.29, 1.82) is 5.26 Å². The fraction of sp³-hybridized carbons (Fsp3) is 0.400. The van der Waals surface area contributed by atoms with E-state index >= 15 is 0 Å². The fourth-order valence-electron chi connectivity index (χ4n) is 1.64. The molecule has 14 heavy (non-hydrogen) atoms. The molecule has 0 aromatic carbocycles. The standard InChI is InChI=1S/C10H10N2OS/c11-6-8-3-4-10(13)12(8)7-9-2-1-5-14-9/h1-2,5,8H,3-4,7H2. The minimum absolute atomic E-state index is 0.102. The molecule has 0 bridgehead atoms. The maximum absolute atomic E-state index is 11.4. The number of thiophene rings is 1. The summed E-state index contributed by atoms with van der Waals surface area (Å²) < 4.78 is 0. The third-order valence-electron chi connectivity index (χ3n) is 2.38. The Balaban J connectivity index is 2.10. The normalized spacial score (nSPS) is 21.2. The molecular weight excluding hydrogens is 196 g/mol. The van der Waals surface area contributed by atoms with E-state index in [4.69, 9.17) is 5.26 Å². The second kappa shape index (κ2) is 3.81. The fourth-order valence-corrected chi connectivity index (χ4v) is 2.34. The number of rotatable bonds is 2. The number of hydrogen-bond donors (Lipinski definition) is 0. The van der Waals surface area contributed by atoms with Gasteiger partial charge < -0.3 is 4.90 Å². The van der Waals surface area contributed by atoms with Crippen LogP contribution in [0.4, 0.5) is 0 Å². The Labute approximate surface area is 86.6 Å². The van der Waals surface area contributed by atoms with Gasteiger partial charge in [-0.3, -0.25) is 4.79 Å². The molecular formula is C10H10N2OS. The summed E-state index contributed by atoms with van der Waals surface area (Å²) >= 11 is 1.62. The first kappa shape index (κ1) is 9.22. The number of carbonyl (C=O) groups is 1. The number of nitriles is 1. The van der Waals surface area contributed by atoms with Gasteiger partial charge in [0.05, 0.1) is 12.6 Å². The van der Waals surface area contributed by atoms with Crippen LogP contribution in [-0.4, -0.2) is 16.8 Å². The van der Waals surface area contributed by atoms with E-state index in [9.17, 15) is 4.79 Å². The van der Waals surface area contributed by atoms with Crippen LogP contribution in [0.2, 0.25) is 0 Å². The summed E-state index contributed by atoms with van der Waals surface area (Å²) in [5.74, 6) is 0.102. The maximum Gasteiger partial charge on any atom is 0.224 e. The van der Waals surface area contributed by atoms with Gasteiger partial charge in [-0.05, 0) is 17.9 Å². The van der Waals surface area contributed by atoms with Gasteiger partial charge in [-0.2, -0.15) is 5.26 Å². The van der Waals surface area contributed by atoms with Crippen molar-refractivity contribution in [2.24, 2.45) is 0 Å². The topological polar surface area (TPSA) is 44.1 Å². The number of hydrogen-bond acceptors (Lipinski definition) is 3. The molecule has 72 valence electrons. The van der Waals surface area contributed by atoms with Gasteiger partial charge in [0.2, 0.25) is 5.91 Å². The van der Waals surface area contributed by atoms with Gasteiger partial charge in [-0.15, -0.1) is 11.3 Å². The van der Waals surface area contributed by atoms with Crippen LogP contribution in [-0.2, 0) is 11.3 Å². The predicted octanol–water partition coefficient (Wildman–Crippen LogP) is 1.76. The predicted molar refractivity (Wildman–Crippen MR) is 53.5 cm³/mol. The van der Waals surface area contributed by atoms with Crippen molar-refractivity contribution in [2.75, 3.05) is 0 Å². The molecule has 0 radical (unpaired) electrons. The van der Waals surface area contributed by atoms with Crippen molar-refractivity contribution in [3.8, 4) is 6.07 Å². The van der Waals surface area contributed by atoms with Gasteiger partial charge in [0.15, 0.2) is 0 Å².